The molecule has 1 heterocycles. The van der Waals surface area contributed by atoms with E-state index in [-0.39, 0.29) is 17.4 Å². The fourth-order valence-corrected chi connectivity index (χ4v) is 4.26. The first-order chi connectivity index (χ1) is 10.5. The molecule has 1 aliphatic rings. The highest BCUT2D eigenvalue weighted by molar-refractivity contribution is 7.88. The van der Waals surface area contributed by atoms with Crippen molar-refractivity contribution in [3.63, 3.8) is 0 Å². The Labute approximate surface area is 129 Å². The van der Waals surface area contributed by atoms with Gasteiger partial charge in [-0.2, -0.15) is 0 Å². The van der Waals surface area contributed by atoms with Crippen LogP contribution in [-0.4, -0.2) is 19.4 Å². The van der Waals surface area contributed by atoms with Gasteiger partial charge in [-0.05, 0) is 30.4 Å². The molecule has 0 bridgehead atoms. The van der Waals surface area contributed by atoms with Gasteiger partial charge in [0.05, 0.1) is 5.75 Å². The first-order valence-corrected chi connectivity index (χ1v) is 8.92. The molecule has 1 aliphatic carbocycles. The van der Waals surface area contributed by atoms with Crippen molar-refractivity contribution in [2.45, 2.75) is 31.1 Å². The van der Waals surface area contributed by atoms with Gasteiger partial charge in [-0.1, -0.05) is 36.4 Å². The van der Waals surface area contributed by atoms with E-state index in [1.54, 1.807) is 18.2 Å². The maximum atomic E-state index is 12.3. The van der Waals surface area contributed by atoms with E-state index in [0.717, 1.165) is 16.8 Å². The predicted molar refractivity (Wildman–Crippen MR) is 85.1 cm³/mol. The van der Waals surface area contributed by atoms with Crippen LogP contribution in [0.1, 0.15) is 23.2 Å². The summed E-state index contributed by atoms with van der Waals surface area (Å²) in [6, 6.07) is 12.3. The number of hydrogen-bond donors (Lipinski definition) is 2. The van der Waals surface area contributed by atoms with E-state index < -0.39 is 10.0 Å². The quantitative estimate of drug-likeness (QED) is 0.893. The fourth-order valence-electron chi connectivity index (χ4n) is 2.84. The van der Waals surface area contributed by atoms with Crippen molar-refractivity contribution < 1.29 is 8.42 Å². The number of aryl methyl sites for hydroxylation is 1. The van der Waals surface area contributed by atoms with Gasteiger partial charge in [-0.25, -0.2) is 13.1 Å². The summed E-state index contributed by atoms with van der Waals surface area (Å²) in [5.74, 6) is -0.0111. The predicted octanol–water partition coefficient (Wildman–Crippen LogP) is 1.35. The second-order valence-electron chi connectivity index (χ2n) is 5.63. The summed E-state index contributed by atoms with van der Waals surface area (Å²) in [5.41, 5.74) is 2.60. The summed E-state index contributed by atoms with van der Waals surface area (Å²) in [7, 11) is -3.37. The molecule has 0 amide bonds. The number of H-pyrrole nitrogens is 1. The Morgan fingerprint density at radius 1 is 1.14 bits per heavy atom. The van der Waals surface area contributed by atoms with Crippen LogP contribution in [0.5, 0.6) is 0 Å². The molecule has 5 nitrogen and oxygen atoms in total. The molecule has 1 aromatic heterocycles. The molecule has 0 radical (unpaired) electrons. The maximum absolute atomic E-state index is 12.3. The highest BCUT2D eigenvalue weighted by atomic mass is 32.2. The van der Waals surface area contributed by atoms with Gasteiger partial charge in [-0.3, -0.25) is 4.79 Å². The van der Waals surface area contributed by atoms with E-state index in [1.165, 1.54) is 6.07 Å². The lowest BCUT2D eigenvalue weighted by atomic mass is 9.93. The van der Waals surface area contributed by atoms with Gasteiger partial charge in [0.15, 0.2) is 0 Å². The minimum Gasteiger partial charge on any atom is -0.326 e. The van der Waals surface area contributed by atoms with Crippen molar-refractivity contribution in [3.8, 4) is 0 Å². The van der Waals surface area contributed by atoms with Gasteiger partial charge in [-0.15, -0.1) is 0 Å². The second kappa shape index (κ2) is 6.06. The van der Waals surface area contributed by atoms with Crippen LogP contribution in [-0.2, 0) is 28.6 Å². The third-order valence-electron chi connectivity index (χ3n) is 3.85. The number of aromatic nitrogens is 1. The van der Waals surface area contributed by atoms with E-state index in [4.69, 9.17) is 0 Å². The molecular formula is C16H18N2O3S. The number of hydrogen-bond acceptors (Lipinski definition) is 3. The average Bonchev–Trinajstić information content (AvgIpc) is 2.47. The highest BCUT2D eigenvalue weighted by Crippen LogP contribution is 2.19. The van der Waals surface area contributed by atoms with Crippen molar-refractivity contribution in [3.05, 3.63) is 69.6 Å². The molecule has 1 unspecified atom stereocenters. The highest BCUT2D eigenvalue weighted by Gasteiger charge is 2.23. The standard InChI is InChI=1S/C16H18N2O3S/c19-16-9-6-13-10-14(7-8-15(13)17-16)18-22(20,21)11-12-4-2-1-3-5-12/h1-6,9,14,18H,7-8,10-11H2,(H,17,19). The normalized spacial score (nSPS) is 17.9. The average molecular weight is 318 g/mol. The first-order valence-electron chi connectivity index (χ1n) is 7.27. The molecule has 2 aromatic rings. The van der Waals surface area contributed by atoms with Crippen LogP contribution in [0.2, 0.25) is 0 Å². The van der Waals surface area contributed by atoms with Crippen LogP contribution in [0.25, 0.3) is 0 Å². The topological polar surface area (TPSA) is 79.0 Å². The first kappa shape index (κ1) is 15.0. The molecule has 22 heavy (non-hydrogen) atoms. The number of pyridine rings is 1. The monoisotopic (exact) mass is 318 g/mol. The van der Waals surface area contributed by atoms with E-state index in [0.29, 0.717) is 19.3 Å². The number of rotatable bonds is 4. The Morgan fingerprint density at radius 3 is 2.68 bits per heavy atom. The van der Waals surface area contributed by atoms with Crippen molar-refractivity contribution in [1.29, 1.82) is 0 Å². The zero-order valence-corrected chi connectivity index (χ0v) is 12.9. The smallest absolute Gasteiger partial charge is 0.248 e. The molecule has 0 fully saturated rings. The number of aromatic amines is 1. The molecule has 6 heteroatoms. The van der Waals surface area contributed by atoms with Crippen molar-refractivity contribution >= 4 is 10.0 Å². The Morgan fingerprint density at radius 2 is 1.91 bits per heavy atom. The van der Waals surface area contributed by atoms with Crippen molar-refractivity contribution in [1.82, 2.24) is 9.71 Å². The zero-order valence-electron chi connectivity index (χ0n) is 12.1. The van der Waals surface area contributed by atoms with Crippen LogP contribution in [0.15, 0.2) is 47.3 Å². The molecule has 1 atom stereocenters. The Bertz CT molecular complexity index is 813. The van der Waals surface area contributed by atoms with Gasteiger partial charge in [0.25, 0.3) is 0 Å². The fraction of sp³-hybridized carbons (Fsp3) is 0.312. The lowest BCUT2D eigenvalue weighted by molar-refractivity contribution is 0.502. The zero-order chi connectivity index (χ0) is 15.6. The Hall–Kier alpha value is -1.92. The molecule has 1 aromatic carbocycles. The summed E-state index contributed by atoms with van der Waals surface area (Å²) in [6.07, 6.45) is 1.99. The second-order valence-corrected chi connectivity index (χ2v) is 7.38. The minimum absolute atomic E-state index is 0.0111. The molecule has 2 N–H and O–H groups in total. The van der Waals surface area contributed by atoms with Gasteiger partial charge >= 0.3 is 0 Å². The summed E-state index contributed by atoms with van der Waals surface area (Å²) >= 11 is 0. The third kappa shape index (κ3) is 3.64. The van der Waals surface area contributed by atoms with Gasteiger partial charge in [0.1, 0.15) is 0 Å². The van der Waals surface area contributed by atoms with E-state index in [2.05, 4.69) is 9.71 Å². The summed E-state index contributed by atoms with van der Waals surface area (Å²) in [6.45, 7) is 0. The van der Waals surface area contributed by atoms with Crippen molar-refractivity contribution in [2.24, 2.45) is 0 Å². The number of nitrogens with one attached hydrogen (secondary N) is 2. The number of benzene rings is 1. The van der Waals surface area contributed by atoms with E-state index in [9.17, 15) is 13.2 Å². The van der Waals surface area contributed by atoms with Crippen LogP contribution in [0.4, 0.5) is 0 Å². The van der Waals surface area contributed by atoms with Gasteiger partial charge < -0.3 is 4.98 Å². The van der Waals surface area contributed by atoms with E-state index in [1.807, 2.05) is 18.2 Å². The minimum atomic E-state index is -3.37. The summed E-state index contributed by atoms with van der Waals surface area (Å²) in [4.78, 5) is 14.1. The number of sulfonamides is 1. The lowest BCUT2D eigenvalue weighted by Crippen LogP contribution is -2.39. The summed E-state index contributed by atoms with van der Waals surface area (Å²) in [5, 5.41) is 0. The molecule has 0 spiro atoms. The Balaban J connectivity index is 1.69. The lowest BCUT2D eigenvalue weighted by Gasteiger charge is -2.24. The maximum Gasteiger partial charge on any atom is 0.248 e. The van der Waals surface area contributed by atoms with Gasteiger partial charge in [0.2, 0.25) is 15.6 Å². The SMILES string of the molecule is O=c1ccc2c([nH]1)CCC(NS(=O)(=O)Cc1ccccc1)C2. The molecule has 0 saturated carbocycles. The van der Waals surface area contributed by atoms with Crippen LogP contribution in [0, 0.1) is 0 Å². The number of fused-ring (bicyclic) bond motifs is 1. The van der Waals surface area contributed by atoms with Crippen LogP contribution < -0.4 is 10.3 Å². The molecular weight excluding hydrogens is 300 g/mol. The molecule has 3 rings (SSSR count). The van der Waals surface area contributed by atoms with Crippen LogP contribution >= 0.6 is 0 Å². The van der Waals surface area contributed by atoms with Crippen molar-refractivity contribution in [2.75, 3.05) is 0 Å². The van der Waals surface area contributed by atoms with Gasteiger partial charge in [0, 0.05) is 17.8 Å². The molecule has 0 saturated heterocycles. The molecule has 116 valence electrons. The third-order valence-corrected chi connectivity index (χ3v) is 5.26. The largest absolute Gasteiger partial charge is 0.326 e. The molecule has 0 aliphatic heterocycles. The van der Waals surface area contributed by atoms with E-state index >= 15 is 0 Å². The summed E-state index contributed by atoms with van der Waals surface area (Å²) < 4.78 is 27.3. The van der Waals surface area contributed by atoms with Crippen LogP contribution in [0.3, 0.4) is 0 Å². The Kier molecular flexibility index (Phi) is 4.13.